The van der Waals surface area contributed by atoms with Crippen molar-refractivity contribution in [2.45, 2.75) is 50.5 Å². The first-order valence-corrected chi connectivity index (χ1v) is 13.0. The first-order valence-electron chi connectivity index (χ1n) is 11.4. The number of para-hydroxylation sites is 1. The summed E-state index contributed by atoms with van der Waals surface area (Å²) in [6.07, 6.45) is -3.02. The lowest BCUT2D eigenvalue weighted by atomic mass is 10.1. The Kier molecular flexibility index (Phi) is 6.84. The Balaban J connectivity index is 1.42. The van der Waals surface area contributed by atoms with E-state index in [4.69, 9.17) is 29.0 Å². The van der Waals surface area contributed by atoms with E-state index in [-0.39, 0.29) is 17.9 Å². The molecular weight excluding hydrogens is 523 g/mol. The van der Waals surface area contributed by atoms with Gasteiger partial charge in [0.25, 0.3) is 0 Å². The molecule has 0 saturated carbocycles. The van der Waals surface area contributed by atoms with Crippen LogP contribution in [0.3, 0.4) is 0 Å². The molecule has 7 atom stereocenters. The number of rotatable bonds is 10. The molecule has 0 amide bonds. The molecule has 3 N–H and O–H groups in total. The van der Waals surface area contributed by atoms with Gasteiger partial charge in [-0.2, -0.15) is 0 Å². The van der Waals surface area contributed by atoms with Gasteiger partial charge in [-0.05, 0) is 26.0 Å². The topological polar surface area (TPSA) is 196 Å². The highest BCUT2D eigenvalue weighted by molar-refractivity contribution is 7.52. The minimum Gasteiger partial charge on any atom is -0.424 e. The van der Waals surface area contributed by atoms with Gasteiger partial charge in [0.1, 0.15) is 23.7 Å². The lowest BCUT2D eigenvalue weighted by Crippen LogP contribution is -2.40. The molecule has 0 bridgehead atoms. The van der Waals surface area contributed by atoms with E-state index in [9.17, 15) is 18.9 Å². The van der Waals surface area contributed by atoms with E-state index < -0.39 is 56.4 Å². The fourth-order valence-corrected chi connectivity index (χ4v) is 5.93. The normalized spacial score (nSPS) is 25.6. The second-order valence-electron chi connectivity index (χ2n) is 8.57. The number of imidazole rings is 1. The lowest BCUT2D eigenvalue weighted by molar-refractivity contribution is -0.130. The van der Waals surface area contributed by atoms with Crippen molar-refractivity contribution < 1.29 is 42.2 Å². The third-order valence-corrected chi connectivity index (χ3v) is 7.75. The van der Waals surface area contributed by atoms with E-state index in [0.29, 0.717) is 11.2 Å². The number of ether oxygens (including phenoxy) is 3. The van der Waals surface area contributed by atoms with Crippen LogP contribution in [0.4, 0.5) is 10.6 Å². The SMILES string of the molecule is CC(NP(=O)(Oc1ccccc1)OC(C)[C@H]1O[C@@H](n2cnc3c(N)ncnc32)C2OC(=O)OC21)C(=O)C=O. The van der Waals surface area contributed by atoms with Crippen LogP contribution in [-0.4, -0.2) is 68.2 Å². The van der Waals surface area contributed by atoms with Crippen LogP contribution in [-0.2, 0) is 32.9 Å². The molecule has 2 fully saturated rings. The van der Waals surface area contributed by atoms with Gasteiger partial charge in [-0.15, -0.1) is 0 Å². The summed E-state index contributed by atoms with van der Waals surface area (Å²) in [5, 5.41) is 2.47. The minimum absolute atomic E-state index is 0.101. The third-order valence-electron chi connectivity index (χ3n) is 5.98. The molecule has 5 rings (SSSR count). The number of nitrogens with one attached hydrogen (secondary N) is 1. The molecule has 2 aromatic heterocycles. The highest BCUT2D eigenvalue weighted by atomic mass is 31.2. The van der Waals surface area contributed by atoms with E-state index >= 15 is 0 Å². The van der Waals surface area contributed by atoms with Crippen LogP contribution in [0.25, 0.3) is 11.2 Å². The van der Waals surface area contributed by atoms with Crippen molar-refractivity contribution in [3.8, 4) is 5.75 Å². The molecular formula is C22H23N6O9P. The van der Waals surface area contributed by atoms with E-state index in [2.05, 4.69) is 20.0 Å². The Morgan fingerprint density at radius 2 is 1.92 bits per heavy atom. The fraction of sp³-hybridized carbons (Fsp3) is 0.364. The minimum atomic E-state index is -4.30. The molecule has 200 valence electrons. The van der Waals surface area contributed by atoms with Crippen molar-refractivity contribution in [1.82, 2.24) is 24.6 Å². The van der Waals surface area contributed by atoms with Crippen LogP contribution in [0, 0.1) is 0 Å². The quantitative estimate of drug-likeness (QED) is 0.161. The van der Waals surface area contributed by atoms with Crippen molar-refractivity contribution in [2.75, 3.05) is 5.73 Å². The maximum atomic E-state index is 13.8. The van der Waals surface area contributed by atoms with Crippen LogP contribution >= 0.6 is 7.75 Å². The summed E-state index contributed by atoms with van der Waals surface area (Å²) >= 11 is 0. The largest absolute Gasteiger partial charge is 0.509 e. The van der Waals surface area contributed by atoms with Crippen molar-refractivity contribution in [1.29, 1.82) is 0 Å². The van der Waals surface area contributed by atoms with Crippen LogP contribution < -0.4 is 15.3 Å². The fourth-order valence-electron chi connectivity index (χ4n) is 4.21. The van der Waals surface area contributed by atoms with Gasteiger partial charge in [0.2, 0.25) is 5.78 Å². The van der Waals surface area contributed by atoms with E-state index in [1.807, 2.05) is 0 Å². The van der Waals surface area contributed by atoms with E-state index in [0.717, 1.165) is 0 Å². The lowest BCUT2D eigenvalue weighted by Gasteiger charge is -2.28. The summed E-state index contributed by atoms with van der Waals surface area (Å²) in [5.41, 5.74) is 6.54. The van der Waals surface area contributed by atoms with Crippen molar-refractivity contribution >= 4 is 43.0 Å². The highest BCUT2D eigenvalue weighted by Gasteiger charge is 2.58. The molecule has 38 heavy (non-hydrogen) atoms. The first-order chi connectivity index (χ1) is 18.2. The zero-order chi connectivity index (χ0) is 27.0. The number of anilines is 1. The number of hydrogen-bond acceptors (Lipinski definition) is 13. The van der Waals surface area contributed by atoms with E-state index in [1.54, 1.807) is 18.2 Å². The average molecular weight is 546 g/mol. The number of carbonyl (C=O) groups excluding carboxylic acids is 3. The van der Waals surface area contributed by atoms with Gasteiger partial charge >= 0.3 is 13.9 Å². The van der Waals surface area contributed by atoms with Crippen molar-refractivity contribution in [3.63, 3.8) is 0 Å². The number of benzene rings is 1. The molecule has 15 nitrogen and oxygen atoms in total. The van der Waals surface area contributed by atoms with Crippen LogP contribution in [0.2, 0.25) is 0 Å². The second-order valence-corrected chi connectivity index (χ2v) is 10.2. The third kappa shape index (κ3) is 4.84. The maximum absolute atomic E-state index is 13.8. The molecule has 16 heteroatoms. The maximum Gasteiger partial charge on any atom is 0.509 e. The molecule has 2 aliphatic rings. The number of ketones is 1. The Morgan fingerprint density at radius 3 is 2.66 bits per heavy atom. The number of fused-ring (bicyclic) bond motifs is 2. The summed E-state index contributed by atoms with van der Waals surface area (Å²) in [6.45, 7) is 2.87. The van der Waals surface area contributed by atoms with Crippen LogP contribution in [0.15, 0.2) is 43.0 Å². The molecule has 5 unspecified atom stereocenters. The molecule has 0 spiro atoms. The highest BCUT2D eigenvalue weighted by Crippen LogP contribution is 2.49. The molecule has 4 heterocycles. The van der Waals surface area contributed by atoms with Gasteiger partial charge in [-0.3, -0.25) is 18.7 Å². The number of aldehydes is 1. The molecule has 0 aliphatic carbocycles. The molecule has 3 aromatic rings. The zero-order valence-corrected chi connectivity index (χ0v) is 21.0. The zero-order valence-electron chi connectivity index (χ0n) is 20.1. The van der Waals surface area contributed by atoms with Crippen molar-refractivity contribution in [2.24, 2.45) is 0 Å². The van der Waals surface area contributed by atoms with Gasteiger partial charge in [0, 0.05) is 0 Å². The van der Waals surface area contributed by atoms with Crippen LogP contribution in [0.1, 0.15) is 20.1 Å². The first kappa shape index (κ1) is 25.7. The smallest absolute Gasteiger partial charge is 0.424 e. The average Bonchev–Trinajstić information content (AvgIpc) is 3.57. The molecule has 2 aliphatic heterocycles. The summed E-state index contributed by atoms with van der Waals surface area (Å²) < 4.78 is 43.6. The number of nitrogens with zero attached hydrogens (tertiary/aromatic N) is 4. The monoisotopic (exact) mass is 546 g/mol. The Labute approximate surface area is 215 Å². The molecule has 0 radical (unpaired) electrons. The second kappa shape index (κ2) is 10.1. The summed E-state index contributed by atoms with van der Waals surface area (Å²) in [4.78, 5) is 47.2. The number of Topliss-reactive ketones (excluding diaryl/α,β-unsaturated/α-hetero) is 1. The number of carbonyl (C=O) groups is 3. The van der Waals surface area contributed by atoms with Gasteiger partial charge in [-0.25, -0.2) is 29.4 Å². The van der Waals surface area contributed by atoms with Crippen molar-refractivity contribution in [3.05, 3.63) is 43.0 Å². The van der Waals surface area contributed by atoms with Crippen LogP contribution in [0.5, 0.6) is 5.75 Å². The standard InChI is InChI=1S/C22H23N6O9P/c1-11(14(30)8-29)27-38(32,37-13-6-4-3-5-7-13)36-12(2)16-17-18(35-22(31)34-17)21(33-16)28-10-26-15-19(23)24-9-25-20(15)28/h3-12,16-18,21H,1-2H3,(H,27,32)(H2,23,24,25)/t11?,12?,16-,17?,18?,21-,38?/m1/s1. The van der Waals surface area contributed by atoms with Gasteiger partial charge in [0.05, 0.1) is 18.5 Å². The van der Waals surface area contributed by atoms with Gasteiger partial charge < -0.3 is 24.5 Å². The Morgan fingerprint density at radius 1 is 1.18 bits per heavy atom. The van der Waals surface area contributed by atoms with Gasteiger partial charge in [0.15, 0.2) is 36.2 Å². The number of hydrogen-bond donors (Lipinski definition) is 2. The predicted octanol–water partition coefficient (Wildman–Crippen LogP) is 1.55. The molecule has 1 aromatic carbocycles. The summed E-state index contributed by atoms with van der Waals surface area (Å²) in [5.74, 6) is -0.524. The Hall–Kier alpha value is -3.91. The molecule has 2 saturated heterocycles. The van der Waals surface area contributed by atoms with Gasteiger partial charge in [-0.1, -0.05) is 18.2 Å². The number of nitrogen functional groups attached to an aromatic ring is 1. The Bertz CT molecular complexity index is 1420. The summed E-state index contributed by atoms with van der Waals surface area (Å²) in [7, 11) is -4.30. The van der Waals surface area contributed by atoms with E-state index in [1.165, 1.54) is 43.2 Å². The number of nitrogens with two attached hydrogens (primary N) is 1. The predicted molar refractivity (Wildman–Crippen MR) is 128 cm³/mol. The number of aromatic nitrogens is 4. The summed E-state index contributed by atoms with van der Waals surface area (Å²) in [6, 6.07) is 6.92.